The summed E-state index contributed by atoms with van der Waals surface area (Å²) in [6.07, 6.45) is 1.86. The van der Waals surface area contributed by atoms with Crippen LogP contribution in [0.4, 0.5) is 0 Å². The summed E-state index contributed by atoms with van der Waals surface area (Å²) in [6.45, 7) is 4.98. The Morgan fingerprint density at radius 3 is 2.59 bits per heavy atom. The van der Waals surface area contributed by atoms with Gasteiger partial charge in [-0.1, -0.05) is 23.2 Å². The molecule has 0 amide bonds. The van der Waals surface area contributed by atoms with Crippen molar-refractivity contribution in [3.8, 4) is 0 Å². The fourth-order valence-corrected chi connectivity index (χ4v) is 3.50. The zero-order chi connectivity index (χ0) is 15.9. The molecule has 5 heteroatoms. The number of benzene rings is 1. The number of halogens is 2. The molecule has 3 nitrogen and oxygen atoms in total. The first-order valence-electron chi connectivity index (χ1n) is 7.37. The SMILES string of the molecule is CC(=O)c1cc(Cl)cc2c(Cl)c(C)c(C3CCOCC3)nc12. The smallest absolute Gasteiger partial charge is 0.162 e. The van der Waals surface area contributed by atoms with Crippen molar-refractivity contribution in [2.75, 3.05) is 13.2 Å². The first kappa shape index (κ1) is 15.7. The molecule has 0 spiro atoms. The lowest BCUT2D eigenvalue weighted by atomic mass is 9.92. The maximum Gasteiger partial charge on any atom is 0.162 e. The normalized spacial score (nSPS) is 16.2. The minimum Gasteiger partial charge on any atom is -0.381 e. The molecule has 2 aromatic rings. The molecule has 1 aromatic heterocycles. The van der Waals surface area contributed by atoms with E-state index < -0.39 is 0 Å². The number of ether oxygens (including phenoxy) is 1. The van der Waals surface area contributed by atoms with E-state index in [4.69, 9.17) is 32.9 Å². The molecule has 0 N–H and O–H groups in total. The number of rotatable bonds is 2. The molecule has 0 unspecified atom stereocenters. The second-order valence-electron chi connectivity index (χ2n) is 5.73. The lowest BCUT2D eigenvalue weighted by Gasteiger charge is -2.24. The summed E-state index contributed by atoms with van der Waals surface area (Å²) in [6, 6.07) is 3.44. The maximum absolute atomic E-state index is 11.9. The van der Waals surface area contributed by atoms with Gasteiger partial charge < -0.3 is 4.74 Å². The number of nitrogens with zero attached hydrogens (tertiary/aromatic N) is 1. The van der Waals surface area contributed by atoms with E-state index in [0.29, 0.717) is 27.0 Å². The van der Waals surface area contributed by atoms with Gasteiger partial charge in [-0.15, -0.1) is 0 Å². The first-order valence-corrected chi connectivity index (χ1v) is 8.12. The second-order valence-corrected chi connectivity index (χ2v) is 6.54. The van der Waals surface area contributed by atoms with Crippen LogP contribution in [0.3, 0.4) is 0 Å². The highest BCUT2D eigenvalue weighted by atomic mass is 35.5. The Bertz CT molecular complexity index is 752. The standard InChI is InChI=1S/C17H17Cl2NO2/c1-9-15(19)14-8-12(18)7-13(10(2)21)17(14)20-16(9)11-3-5-22-6-4-11/h7-8,11H,3-6H2,1-2H3. The maximum atomic E-state index is 11.9. The number of aromatic nitrogens is 1. The van der Waals surface area contributed by atoms with Gasteiger partial charge >= 0.3 is 0 Å². The van der Waals surface area contributed by atoms with Crippen LogP contribution in [-0.4, -0.2) is 24.0 Å². The number of carbonyl (C=O) groups is 1. The molecule has 22 heavy (non-hydrogen) atoms. The van der Waals surface area contributed by atoms with Crippen LogP contribution in [0.1, 0.15) is 47.3 Å². The van der Waals surface area contributed by atoms with Crippen molar-refractivity contribution in [1.82, 2.24) is 4.98 Å². The fraction of sp³-hybridized carbons (Fsp3) is 0.412. The van der Waals surface area contributed by atoms with Gasteiger partial charge in [0.25, 0.3) is 0 Å². The lowest BCUT2D eigenvalue weighted by molar-refractivity contribution is 0.0844. The van der Waals surface area contributed by atoms with Crippen molar-refractivity contribution in [3.63, 3.8) is 0 Å². The Hall–Kier alpha value is -1.16. The highest BCUT2D eigenvalue weighted by Gasteiger charge is 2.23. The van der Waals surface area contributed by atoms with Gasteiger partial charge in [-0.2, -0.15) is 0 Å². The molecule has 2 heterocycles. The van der Waals surface area contributed by atoms with Gasteiger partial charge in [-0.25, -0.2) is 0 Å². The van der Waals surface area contributed by atoms with Crippen molar-refractivity contribution < 1.29 is 9.53 Å². The zero-order valence-electron chi connectivity index (χ0n) is 12.6. The van der Waals surface area contributed by atoms with Gasteiger partial charge in [0.15, 0.2) is 5.78 Å². The molecule has 1 fully saturated rings. The van der Waals surface area contributed by atoms with Crippen molar-refractivity contribution in [1.29, 1.82) is 0 Å². The van der Waals surface area contributed by atoms with Crippen molar-refractivity contribution >= 4 is 39.9 Å². The van der Waals surface area contributed by atoms with E-state index in [1.807, 2.05) is 6.92 Å². The highest BCUT2D eigenvalue weighted by molar-refractivity contribution is 6.38. The van der Waals surface area contributed by atoms with Crippen LogP contribution in [0.2, 0.25) is 10.0 Å². The van der Waals surface area contributed by atoms with Gasteiger partial charge in [0.05, 0.1) is 10.5 Å². The van der Waals surface area contributed by atoms with Gasteiger partial charge in [0.1, 0.15) is 0 Å². The number of fused-ring (bicyclic) bond motifs is 1. The van der Waals surface area contributed by atoms with Crippen LogP contribution < -0.4 is 0 Å². The van der Waals surface area contributed by atoms with Crippen molar-refractivity contribution in [2.45, 2.75) is 32.6 Å². The van der Waals surface area contributed by atoms with E-state index in [-0.39, 0.29) is 5.78 Å². The molecule has 3 rings (SSSR count). The third-order valence-electron chi connectivity index (χ3n) is 4.24. The third-order valence-corrected chi connectivity index (χ3v) is 4.95. The van der Waals surface area contributed by atoms with Crippen molar-refractivity contribution in [3.05, 3.63) is 39.0 Å². The van der Waals surface area contributed by atoms with E-state index >= 15 is 0 Å². The molecule has 0 aliphatic carbocycles. The number of hydrogen-bond acceptors (Lipinski definition) is 3. The van der Waals surface area contributed by atoms with E-state index in [2.05, 4.69) is 0 Å². The predicted molar refractivity (Wildman–Crippen MR) is 89.3 cm³/mol. The second kappa shape index (κ2) is 6.15. The molecule has 0 bridgehead atoms. The Balaban J connectivity index is 2.27. The minimum atomic E-state index is -0.0575. The van der Waals surface area contributed by atoms with Crippen LogP contribution in [0.15, 0.2) is 12.1 Å². The zero-order valence-corrected chi connectivity index (χ0v) is 14.1. The summed E-state index contributed by atoms with van der Waals surface area (Å²) in [5, 5.41) is 1.88. The van der Waals surface area contributed by atoms with E-state index in [0.717, 1.165) is 42.7 Å². The molecule has 1 aliphatic rings. The topological polar surface area (TPSA) is 39.2 Å². The molecule has 1 saturated heterocycles. The van der Waals surface area contributed by atoms with E-state index in [1.54, 1.807) is 12.1 Å². The van der Waals surface area contributed by atoms with Gasteiger partial charge in [-0.3, -0.25) is 9.78 Å². The summed E-state index contributed by atoms with van der Waals surface area (Å²) in [5.41, 5.74) is 3.12. The molecule has 0 atom stereocenters. The third kappa shape index (κ3) is 2.73. The van der Waals surface area contributed by atoms with Crippen LogP contribution >= 0.6 is 23.2 Å². The number of carbonyl (C=O) groups excluding carboxylic acids is 1. The first-order chi connectivity index (χ1) is 10.5. The Kier molecular flexibility index (Phi) is 4.40. The Labute approximate surface area is 139 Å². The average Bonchev–Trinajstić information content (AvgIpc) is 2.51. The summed E-state index contributed by atoms with van der Waals surface area (Å²) < 4.78 is 5.42. The van der Waals surface area contributed by atoms with Crippen LogP contribution in [0.5, 0.6) is 0 Å². The fourth-order valence-electron chi connectivity index (χ4n) is 3.04. The van der Waals surface area contributed by atoms with Gasteiger partial charge in [-0.05, 0) is 44.4 Å². The Morgan fingerprint density at radius 2 is 1.95 bits per heavy atom. The number of ketones is 1. The number of pyridine rings is 1. The van der Waals surface area contributed by atoms with Crippen LogP contribution in [0, 0.1) is 6.92 Å². The quantitative estimate of drug-likeness (QED) is 0.728. The predicted octanol–water partition coefficient (Wildman–Crippen LogP) is 4.95. The van der Waals surface area contributed by atoms with Crippen LogP contribution in [-0.2, 0) is 4.74 Å². The molecule has 116 valence electrons. The largest absolute Gasteiger partial charge is 0.381 e. The van der Waals surface area contributed by atoms with Crippen molar-refractivity contribution in [2.24, 2.45) is 0 Å². The average molecular weight is 338 g/mol. The minimum absolute atomic E-state index is 0.0575. The molecule has 0 saturated carbocycles. The van der Waals surface area contributed by atoms with E-state index in [1.165, 1.54) is 6.92 Å². The molecular weight excluding hydrogens is 321 g/mol. The number of Topliss-reactive ketones (excluding diaryl/α,β-unsaturated/α-hetero) is 1. The summed E-state index contributed by atoms with van der Waals surface area (Å²) in [5.74, 6) is 0.268. The van der Waals surface area contributed by atoms with Gasteiger partial charge in [0, 0.05) is 40.8 Å². The summed E-state index contributed by atoms with van der Waals surface area (Å²) in [7, 11) is 0. The highest BCUT2D eigenvalue weighted by Crippen LogP contribution is 2.37. The summed E-state index contributed by atoms with van der Waals surface area (Å²) >= 11 is 12.7. The van der Waals surface area contributed by atoms with Crippen LogP contribution in [0.25, 0.3) is 10.9 Å². The molecule has 1 aliphatic heterocycles. The van der Waals surface area contributed by atoms with Gasteiger partial charge in [0.2, 0.25) is 0 Å². The van der Waals surface area contributed by atoms with E-state index in [9.17, 15) is 4.79 Å². The molecule has 0 radical (unpaired) electrons. The molecule has 1 aromatic carbocycles. The lowest BCUT2D eigenvalue weighted by Crippen LogP contribution is -2.16. The number of hydrogen-bond donors (Lipinski definition) is 0. The summed E-state index contributed by atoms with van der Waals surface area (Å²) in [4.78, 5) is 16.7. The molecular formula is C17H17Cl2NO2. The Morgan fingerprint density at radius 1 is 1.27 bits per heavy atom. The monoisotopic (exact) mass is 337 g/mol.